The highest BCUT2D eigenvalue weighted by Gasteiger charge is 2.23. The first-order chi connectivity index (χ1) is 10.6. The minimum absolute atomic E-state index is 0.137. The Labute approximate surface area is 136 Å². The maximum atomic E-state index is 11.5. The predicted molar refractivity (Wildman–Crippen MR) is 88.9 cm³/mol. The molecule has 8 heteroatoms. The first-order valence-electron chi connectivity index (χ1n) is 7.17. The van der Waals surface area contributed by atoms with Gasteiger partial charge in [0.15, 0.2) is 0 Å². The molecule has 0 aliphatic carbocycles. The number of hydrogen-bond donors (Lipinski definition) is 4. The van der Waals surface area contributed by atoms with Crippen LogP contribution in [0.1, 0.15) is 12.8 Å². The molecule has 5 N–H and O–H groups in total. The number of aliphatic hydroxyl groups excluding tert-OH is 1. The molecule has 3 heterocycles. The topological polar surface area (TPSA) is 107 Å². The zero-order valence-electron chi connectivity index (χ0n) is 12.0. The molecule has 22 heavy (non-hydrogen) atoms. The SMILES string of the molecule is NC1CCCN(c2c(Br)cnc3[nH]cc(NC(=O)CO)c23)C1. The quantitative estimate of drug-likeness (QED) is 0.651. The van der Waals surface area contributed by atoms with E-state index in [1.54, 1.807) is 12.4 Å². The molecule has 0 aromatic carbocycles. The van der Waals surface area contributed by atoms with E-state index < -0.39 is 12.5 Å². The van der Waals surface area contributed by atoms with Crippen molar-refractivity contribution in [2.75, 3.05) is 29.9 Å². The summed E-state index contributed by atoms with van der Waals surface area (Å²) in [7, 11) is 0. The third-order valence-electron chi connectivity index (χ3n) is 3.82. The van der Waals surface area contributed by atoms with Crippen LogP contribution in [0.15, 0.2) is 16.9 Å². The molecule has 2 aromatic heterocycles. The molecule has 7 nitrogen and oxygen atoms in total. The van der Waals surface area contributed by atoms with Gasteiger partial charge in [0.25, 0.3) is 0 Å². The van der Waals surface area contributed by atoms with Gasteiger partial charge in [-0.3, -0.25) is 4.79 Å². The fourth-order valence-corrected chi connectivity index (χ4v) is 3.42. The van der Waals surface area contributed by atoms with Gasteiger partial charge in [-0.2, -0.15) is 0 Å². The summed E-state index contributed by atoms with van der Waals surface area (Å²) in [5.41, 5.74) is 8.35. The number of aromatic amines is 1. The number of nitrogens with two attached hydrogens (primary N) is 1. The van der Waals surface area contributed by atoms with Crippen LogP contribution in [0.2, 0.25) is 0 Å². The lowest BCUT2D eigenvalue weighted by molar-refractivity contribution is -0.118. The van der Waals surface area contributed by atoms with Gasteiger partial charge in [-0.25, -0.2) is 4.98 Å². The van der Waals surface area contributed by atoms with Crippen molar-refractivity contribution in [1.82, 2.24) is 9.97 Å². The molecule has 1 aliphatic heterocycles. The van der Waals surface area contributed by atoms with Crippen molar-refractivity contribution in [2.24, 2.45) is 5.73 Å². The van der Waals surface area contributed by atoms with E-state index in [0.717, 1.165) is 41.5 Å². The first kappa shape index (κ1) is 15.3. The number of anilines is 2. The van der Waals surface area contributed by atoms with Gasteiger partial charge < -0.3 is 26.0 Å². The lowest BCUT2D eigenvalue weighted by Crippen LogP contribution is -2.43. The van der Waals surface area contributed by atoms with Crippen LogP contribution in [0.3, 0.4) is 0 Å². The van der Waals surface area contributed by atoms with Gasteiger partial charge in [0.2, 0.25) is 5.91 Å². The summed E-state index contributed by atoms with van der Waals surface area (Å²) in [4.78, 5) is 21.1. The number of nitrogens with one attached hydrogen (secondary N) is 2. The highest BCUT2D eigenvalue weighted by molar-refractivity contribution is 9.10. The summed E-state index contributed by atoms with van der Waals surface area (Å²) in [5, 5.41) is 12.5. The molecule has 1 saturated heterocycles. The predicted octanol–water partition coefficient (Wildman–Crippen LogP) is 1.18. The van der Waals surface area contributed by atoms with E-state index in [1.165, 1.54) is 0 Å². The van der Waals surface area contributed by atoms with Crippen molar-refractivity contribution in [3.05, 3.63) is 16.9 Å². The fourth-order valence-electron chi connectivity index (χ4n) is 2.87. The molecule has 2 aromatic rings. The first-order valence-corrected chi connectivity index (χ1v) is 7.96. The Morgan fingerprint density at radius 2 is 2.45 bits per heavy atom. The number of aliphatic hydroxyl groups is 1. The zero-order chi connectivity index (χ0) is 15.7. The normalized spacial score (nSPS) is 18.7. The number of hydrogen-bond acceptors (Lipinski definition) is 5. The van der Waals surface area contributed by atoms with Crippen molar-refractivity contribution in [2.45, 2.75) is 18.9 Å². The standard InChI is InChI=1S/C14H18BrN5O2/c15-9-4-17-14-12(10(5-18-14)19-11(22)7-21)13(9)20-3-1-2-8(16)6-20/h4-5,8,21H,1-3,6-7,16H2,(H,17,18)(H,19,22). The Morgan fingerprint density at radius 1 is 1.64 bits per heavy atom. The van der Waals surface area contributed by atoms with Crippen molar-refractivity contribution in [3.8, 4) is 0 Å². The van der Waals surface area contributed by atoms with Gasteiger partial charge in [0, 0.05) is 31.5 Å². The van der Waals surface area contributed by atoms with Gasteiger partial charge in [0.1, 0.15) is 12.3 Å². The average molecular weight is 368 g/mol. The minimum atomic E-state index is -0.558. The summed E-state index contributed by atoms with van der Waals surface area (Å²) in [6.07, 6.45) is 5.47. The van der Waals surface area contributed by atoms with E-state index in [9.17, 15) is 4.79 Å². The van der Waals surface area contributed by atoms with Crippen molar-refractivity contribution >= 4 is 44.2 Å². The van der Waals surface area contributed by atoms with E-state index in [2.05, 4.69) is 36.1 Å². The van der Waals surface area contributed by atoms with Crippen LogP contribution in [0.25, 0.3) is 11.0 Å². The van der Waals surface area contributed by atoms with Gasteiger partial charge >= 0.3 is 0 Å². The highest BCUT2D eigenvalue weighted by Crippen LogP contribution is 2.38. The Balaban J connectivity index is 2.08. The molecular formula is C14H18BrN5O2. The fraction of sp³-hybridized carbons (Fsp3) is 0.429. The molecule has 118 valence electrons. The third-order valence-corrected chi connectivity index (χ3v) is 4.40. The number of halogens is 1. The zero-order valence-corrected chi connectivity index (χ0v) is 13.6. The number of piperidine rings is 1. The molecule has 1 aliphatic rings. The van der Waals surface area contributed by atoms with Crippen molar-refractivity contribution < 1.29 is 9.90 Å². The summed E-state index contributed by atoms with van der Waals surface area (Å²) in [6.45, 7) is 1.11. The molecule has 0 spiro atoms. The monoisotopic (exact) mass is 367 g/mol. The Hall–Kier alpha value is -1.64. The molecule has 0 radical (unpaired) electrons. The van der Waals surface area contributed by atoms with E-state index in [1.807, 2.05) is 0 Å². The maximum Gasteiger partial charge on any atom is 0.250 e. The number of amides is 1. The van der Waals surface area contributed by atoms with Crippen LogP contribution in [-0.4, -0.2) is 46.7 Å². The number of carbonyl (C=O) groups is 1. The number of fused-ring (bicyclic) bond motifs is 1. The lowest BCUT2D eigenvalue weighted by Gasteiger charge is -2.33. The molecule has 1 amide bonds. The van der Waals surface area contributed by atoms with Gasteiger partial charge in [-0.15, -0.1) is 0 Å². The van der Waals surface area contributed by atoms with Crippen LogP contribution in [-0.2, 0) is 4.79 Å². The molecule has 3 rings (SSSR count). The number of H-pyrrole nitrogens is 1. The number of nitrogens with zero attached hydrogens (tertiary/aromatic N) is 2. The van der Waals surface area contributed by atoms with Crippen molar-refractivity contribution in [3.63, 3.8) is 0 Å². The van der Waals surface area contributed by atoms with Gasteiger partial charge in [0.05, 0.1) is 21.2 Å². The van der Waals surface area contributed by atoms with Crippen LogP contribution < -0.4 is 16.0 Å². The Kier molecular flexibility index (Phi) is 4.32. The summed E-state index contributed by atoms with van der Waals surface area (Å²) < 4.78 is 0.855. The molecule has 0 saturated carbocycles. The van der Waals surface area contributed by atoms with Crippen molar-refractivity contribution in [1.29, 1.82) is 0 Å². The third kappa shape index (κ3) is 2.81. The smallest absolute Gasteiger partial charge is 0.250 e. The molecule has 0 bridgehead atoms. The second-order valence-corrected chi connectivity index (χ2v) is 6.29. The van der Waals surface area contributed by atoms with Gasteiger partial charge in [-0.1, -0.05) is 0 Å². The summed E-state index contributed by atoms with van der Waals surface area (Å²) in [6, 6.07) is 0.137. The van der Waals surface area contributed by atoms with E-state index in [-0.39, 0.29) is 6.04 Å². The number of carbonyl (C=O) groups excluding carboxylic acids is 1. The highest BCUT2D eigenvalue weighted by atomic mass is 79.9. The second-order valence-electron chi connectivity index (χ2n) is 5.44. The average Bonchev–Trinajstić information content (AvgIpc) is 2.90. The van der Waals surface area contributed by atoms with Crippen LogP contribution in [0.4, 0.5) is 11.4 Å². The number of pyridine rings is 1. The molecule has 1 fully saturated rings. The Morgan fingerprint density at radius 3 is 3.18 bits per heavy atom. The van der Waals surface area contributed by atoms with Gasteiger partial charge in [-0.05, 0) is 28.8 Å². The van der Waals surface area contributed by atoms with E-state index in [4.69, 9.17) is 10.8 Å². The molecule has 1 unspecified atom stereocenters. The molecular weight excluding hydrogens is 350 g/mol. The number of aromatic nitrogens is 2. The molecule has 1 atom stereocenters. The summed E-state index contributed by atoms with van der Waals surface area (Å²) >= 11 is 3.55. The van der Waals surface area contributed by atoms with Crippen LogP contribution in [0.5, 0.6) is 0 Å². The lowest BCUT2D eigenvalue weighted by atomic mass is 10.1. The minimum Gasteiger partial charge on any atom is -0.387 e. The second kappa shape index (κ2) is 6.23. The largest absolute Gasteiger partial charge is 0.387 e. The van der Waals surface area contributed by atoms with Crippen LogP contribution in [0, 0.1) is 0 Å². The maximum absolute atomic E-state index is 11.5. The number of rotatable bonds is 3. The summed E-state index contributed by atoms with van der Waals surface area (Å²) in [5.74, 6) is -0.456. The van der Waals surface area contributed by atoms with E-state index in [0.29, 0.717) is 11.3 Å². The van der Waals surface area contributed by atoms with E-state index >= 15 is 0 Å². The van der Waals surface area contributed by atoms with Crippen LogP contribution >= 0.6 is 15.9 Å². The Bertz CT molecular complexity index is 702.